The average molecular weight is 279 g/mol. The Labute approximate surface area is 106 Å². The largest absolute Gasteiger partial charge is 0.321 e. The summed E-state index contributed by atoms with van der Waals surface area (Å²) in [6, 6.07) is 1.26. The molecule has 1 fully saturated rings. The van der Waals surface area contributed by atoms with Crippen LogP contribution >= 0.6 is 23.4 Å². The molecule has 0 radical (unpaired) electrons. The number of hydrogen-bond acceptors (Lipinski definition) is 3. The van der Waals surface area contributed by atoms with Gasteiger partial charge in [-0.05, 0) is 6.07 Å². The van der Waals surface area contributed by atoms with E-state index >= 15 is 0 Å². The summed E-state index contributed by atoms with van der Waals surface area (Å²) in [5.74, 6) is -0.735. The number of amides is 1. The van der Waals surface area contributed by atoms with E-state index in [2.05, 4.69) is 10.6 Å². The second kappa shape index (κ2) is 5.20. The van der Waals surface area contributed by atoms with E-state index < -0.39 is 11.6 Å². The molecule has 92 valence electrons. The Morgan fingerprint density at radius 3 is 2.88 bits per heavy atom. The van der Waals surface area contributed by atoms with Gasteiger partial charge in [-0.1, -0.05) is 11.6 Å². The van der Waals surface area contributed by atoms with Gasteiger partial charge in [0.1, 0.15) is 5.82 Å². The number of carbonyl (C=O) groups is 1. The van der Waals surface area contributed by atoms with Gasteiger partial charge in [0.25, 0.3) is 0 Å². The number of nitrogens with one attached hydrogen (secondary N) is 2. The highest BCUT2D eigenvalue weighted by atomic mass is 35.5. The predicted octanol–water partition coefficient (Wildman–Crippen LogP) is 2.22. The third-order valence-electron chi connectivity index (χ3n) is 2.29. The first-order valence-corrected chi connectivity index (χ1v) is 6.37. The van der Waals surface area contributed by atoms with Gasteiger partial charge in [-0.2, -0.15) is 0 Å². The SMILES string of the molecule is O=C(Nc1c(F)cc(F)cc1Cl)C1CSCN1. The summed E-state index contributed by atoms with van der Waals surface area (Å²) in [6.07, 6.45) is 0. The van der Waals surface area contributed by atoms with Crippen LogP contribution in [-0.2, 0) is 4.79 Å². The lowest BCUT2D eigenvalue weighted by Gasteiger charge is -2.12. The van der Waals surface area contributed by atoms with Crippen molar-refractivity contribution in [2.45, 2.75) is 6.04 Å². The average Bonchev–Trinajstić information content (AvgIpc) is 2.76. The van der Waals surface area contributed by atoms with Gasteiger partial charge in [0, 0.05) is 17.7 Å². The molecule has 7 heteroatoms. The fourth-order valence-corrected chi connectivity index (χ4v) is 2.62. The minimum absolute atomic E-state index is 0.151. The Bertz CT molecular complexity index is 429. The number of thioether (sulfide) groups is 1. The van der Waals surface area contributed by atoms with Gasteiger partial charge in [-0.25, -0.2) is 8.78 Å². The van der Waals surface area contributed by atoms with Crippen molar-refractivity contribution in [3.63, 3.8) is 0 Å². The number of carbonyl (C=O) groups excluding carboxylic acids is 1. The van der Waals surface area contributed by atoms with Crippen LogP contribution in [0.2, 0.25) is 5.02 Å². The van der Waals surface area contributed by atoms with E-state index in [-0.39, 0.29) is 22.7 Å². The van der Waals surface area contributed by atoms with Crippen LogP contribution in [0.4, 0.5) is 14.5 Å². The van der Waals surface area contributed by atoms with Crippen molar-refractivity contribution in [1.29, 1.82) is 0 Å². The summed E-state index contributed by atoms with van der Waals surface area (Å²) in [7, 11) is 0. The fourth-order valence-electron chi connectivity index (χ4n) is 1.44. The molecule has 2 rings (SSSR count). The van der Waals surface area contributed by atoms with Crippen molar-refractivity contribution in [3.8, 4) is 0 Å². The van der Waals surface area contributed by atoms with E-state index in [9.17, 15) is 13.6 Å². The van der Waals surface area contributed by atoms with Crippen molar-refractivity contribution in [2.75, 3.05) is 16.9 Å². The molecule has 0 saturated carbocycles. The molecule has 3 nitrogen and oxygen atoms in total. The minimum atomic E-state index is -0.881. The molecule has 1 saturated heterocycles. The summed E-state index contributed by atoms with van der Waals surface area (Å²) < 4.78 is 26.2. The van der Waals surface area contributed by atoms with Crippen LogP contribution in [0.15, 0.2) is 12.1 Å². The summed E-state index contributed by atoms with van der Waals surface area (Å²) in [4.78, 5) is 11.7. The topological polar surface area (TPSA) is 41.1 Å². The predicted molar refractivity (Wildman–Crippen MR) is 64.2 cm³/mol. The summed E-state index contributed by atoms with van der Waals surface area (Å²) in [5, 5.41) is 5.15. The molecular formula is C10H9ClF2N2OS. The van der Waals surface area contributed by atoms with E-state index in [0.29, 0.717) is 17.7 Å². The monoisotopic (exact) mass is 278 g/mol. The normalized spacial score (nSPS) is 19.4. The van der Waals surface area contributed by atoms with Crippen molar-refractivity contribution >= 4 is 35.0 Å². The third kappa shape index (κ3) is 2.88. The molecule has 1 aromatic rings. The molecule has 1 aliphatic rings. The zero-order chi connectivity index (χ0) is 12.4. The number of anilines is 1. The van der Waals surface area contributed by atoms with E-state index in [1.54, 1.807) is 11.8 Å². The summed E-state index contributed by atoms with van der Waals surface area (Å²) in [6.45, 7) is 0. The zero-order valence-corrected chi connectivity index (χ0v) is 10.2. The van der Waals surface area contributed by atoms with Gasteiger partial charge < -0.3 is 5.32 Å². The van der Waals surface area contributed by atoms with Gasteiger partial charge in [0.2, 0.25) is 5.91 Å². The second-order valence-corrected chi connectivity index (χ2v) is 4.94. The quantitative estimate of drug-likeness (QED) is 0.872. The van der Waals surface area contributed by atoms with Crippen LogP contribution in [0.25, 0.3) is 0 Å². The summed E-state index contributed by atoms with van der Waals surface area (Å²) in [5.41, 5.74) is -0.184. The molecule has 2 N–H and O–H groups in total. The van der Waals surface area contributed by atoms with Gasteiger partial charge in [-0.15, -0.1) is 11.8 Å². The highest BCUT2D eigenvalue weighted by molar-refractivity contribution is 7.99. The van der Waals surface area contributed by atoms with Gasteiger partial charge in [-0.3, -0.25) is 10.1 Å². The molecule has 0 bridgehead atoms. The number of hydrogen-bond donors (Lipinski definition) is 2. The van der Waals surface area contributed by atoms with Crippen LogP contribution in [0.5, 0.6) is 0 Å². The molecule has 0 aromatic heterocycles. The first kappa shape index (κ1) is 12.6. The first-order chi connectivity index (χ1) is 8.08. The minimum Gasteiger partial charge on any atom is -0.321 e. The van der Waals surface area contributed by atoms with Crippen molar-refractivity contribution < 1.29 is 13.6 Å². The van der Waals surface area contributed by atoms with Crippen LogP contribution in [0.3, 0.4) is 0 Å². The highest BCUT2D eigenvalue weighted by Gasteiger charge is 2.24. The van der Waals surface area contributed by atoms with Gasteiger partial charge >= 0.3 is 0 Å². The second-order valence-electron chi connectivity index (χ2n) is 3.51. The third-order valence-corrected chi connectivity index (χ3v) is 3.53. The van der Waals surface area contributed by atoms with Crippen LogP contribution in [-0.4, -0.2) is 23.6 Å². The van der Waals surface area contributed by atoms with E-state index in [4.69, 9.17) is 11.6 Å². The molecule has 1 aliphatic heterocycles. The maximum Gasteiger partial charge on any atom is 0.242 e. The van der Waals surface area contributed by atoms with Gasteiger partial charge in [0.15, 0.2) is 5.82 Å². The van der Waals surface area contributed by atoms with Crippen LogP contribution in [0.1, 0.15) is 0 Å². The van der Waals surface area contributed by atoms with Gasteiger partial charge in [0.05, 0.1) is 16.8 Å². The lowest BCUT2D eigenvalue weighted by atomic mass is 10.2. The Morgan fingerprint density at radius 2 is 2.29 bits per heavy atom. The molecule has 0 spiro atoms. The Kier molecular flexibility index (Phi) is 3.86. The van der Waals surface area contributed by atoms with Crippen molar-refractivity contribution in [3.05, 3.63) is 28.8 Å². The number of rotatable bonds is 2. The summed E-state index contributed by atoms with van der Waals surface area (Å²) >= 11 is 7.24. The van der Waals surface area contributed by atoms with E-state index in [1.807, 2.05) is 0 Å². The van der Waals surface area contributed by atoms with Crippen LogP contribution in [0, 0.1) is 11.6 Å². The lowest BCUT2D eigenvalue weighted by molar-refractivity contribution is -0.117. The molecular weight excluding hydrogens is 270 g/mol. The zero-order valence-electron chi connectivity index (χ0n) is 8.60. The maximum atomic E-state index is 13.4. The Morgan fingerprint density at radius 1 is 1.53 bits per heavy atom. The number of benzene rings is 1. The molecule has 1 amide bonds. The molecule has 17 heavy (non-hydrogen) atoms. The smallest absolute Gasteiger partial charge is 0.242 e. The van der Waals surface area contributed by atoms with E-state index in [1.165, 1.54) is 0 Å². The Balaban J connectivity index is 2.15. The van der Waals surface area contributed by atoms with E-state index in [0.717, 1.165) is 6.07 Å². The van der Waals surface area contributed by atoms with Crippen molar-refractivity contribution in [2.24, 2.45) is 0 Å². The Hall–Kier alpha value is -0.850. The molecule has 1 unspecified atom stereocenters. The standard InChI is InChI=1S/C10H9ClF2N2OS/c11-6-1-5(12)2-7(13)9(6)15-10(16)8-3-17-4-14-8/h1-2,8,14H,3-4H2,(H,15,16). The molecule has 0 aliphatic carbocycles. The number of halogens is 3. The maximum absolute atomic E-state index is 13.4. The molecule has 1 heterocycles. The highest BCUT2D eigenvalue weighted by Crippen LogP contribution is 2.26. The lowest BCUT2D eigenvalue weighted by Crippen LogP contribution is -2.37. The first-order valence-electron chi connectivity index (χ1n) is 4.84. The molecule has 1 aromatic carbocycles. The fraction of sp³-hybridized carbons (Fsp3) is 0.300. The van der Waals surface area contributed by atoms with Crippen molar-refractivity contribution in [1.82, 2.24) is 5.32 Å². The van der Waals surface area contributed by atoms with Crippen LogP contribution < -0.4 is 10.6 Å². The molecule has 1 atom stereocenters.